The summed E-state index contributed by atoms with van der Waals surface area (Å²) in [5.74, 6) is 0.0352. The molecule has 0 heterocycles. The Hall–Kier alpha value is -1.39. The molecular weight excluding hydrogens is 242 g/mol. The molecule has 4 nitrogen and oxygen atoms in total. The zero-order valence-corrected chi connectivity index (χ0v) is 11.8. The molecule has 0 saturated heterocycles. The van der Waals surface area contributed by atoms with Crippen LogP contribution in [0.3, 0.4) is 0 Å². The predicted molar refractivity (Wildman–Crippen MR) is 75.1 cm³/mol. The van der Waals surface area contributed by atoms with Gasteiger partial charge in [0, 0.05) is 32.9 Å². The second-order valence-electron chi connectivity index (χ2n) is 4.64. The first-order chi connectivity index (χ1) is 9.19. The zero-order valence-electron chi connectivity index (χ0n) is 11.8. The topological polar surface area (TPSA) is 49.8 Å². The van der Waals surface area contributed by atoms with E-state index < -0.39 is 0 Å². The van der Waals surface area contributed by atoms with Crippen LogP contribution in [-0.4, -0.2) is 43.2 Å². The van der Waals surface area contributed by atoms with Gasteiger partial charge in [-0.1, -0.05) is 12.1 Å². The molecule has 0 bridgehead atoms. The molecule has 0 fully saturated rings. The molecule has 0 atom stereocenters. The Kier molecular flexibility index (Phi) is 7.15. The van der Waals surface area contributed by atoms with Crippen LogP contribution >= 0.6 is 0 Å². The monoisotopic (exact) mass is 265 g/mol. The van der Waals surface area contributed by atoms with E-state index in [1.165, 1.54) is 0 Å². The lowest BCUT2D eigenvalue weighted by Crippen LogP contribution is -2.27. The van der Waals surface area contributed by atoms with E-state index in [9.17, 15) is 4.79 Å². The smallest absolute Gasteiger partial charge is 0.253 e. The lowest BCUT2D eigenvalue weighted by Gasteiger charge is -2.17. The van der Waals surface area contributed by atoms with Gasteiger partial charge in [-0.25, -0.2) is 0 Å². The molecule has 0 aliphatic carbocycles. The van der Waals surface area contributed by atoms with Crippen molar-refractivity contribution in [3.8, 4) is 0 Å². The highest BCUT2D eigenvalue weighted by molar-refractivity contribution is 5.94. The molecule has 1 amide bonds. The number of amides is 1. The van der Waals surface area contributed by atoms with Crippen molar-refractivity contribution in [2.24, 2.45) is 0 Å². The quantitative estimate of drug-likeness (QED) is 0.732. The summed E-state index contributed by atoms with van der Waals surface area (Å²) in [6, 6.07) is 7.49. The van der Waals surface area contributed by atoms with Gasteiger partial charge in [-0.2, -0.15) is 0 Å². The maximum absolute atomic E-state index is 12.1. The highest BCUT2D eigenvalue weighted by Gasteiger charge is 2.10. The van der Waals surface area contributed by atoms with Crippen molar-refractivity contribution in [3.05, 3.63) is 35.4 Å². The van der Waals surface area contributed by atoms with Gasteiger partial charge in [0.25, 0.3) is 5.91 Å². The van der Waals surface area contributed by atoms with E-state index >= 15 is 0 Å². The van der Waals surface area contributed by atoms with Crippen molar-refractivity contribution in [1.29, 1.82) is 0 Å². The van der Waals surface area contributed by atoms with Crippen LogP contribution in [0.4, 0.5) is 0 Å². The fourth-order valence-corrected chi connectivity index (χ4v) is 1.87. The van der Waals surface area contributed by atoms with Gasteiger partial charge in [0.15, 0.2) is 0 Å². The molecule has 106 valence electrons. The molecule has 1 aromatic rings. The van der Waals surface area contributed by atoms with Gasteiger partial charge in [0.1, 0.15) is 0 Å². The van der Waals surface area contributed by atoms with Crippen molar-refractivity contribution in [2.45, 2.75) is 25.9 Å². The van der Waals surface area contributed by atoms with E-state index in [-0.39, 0.29) is 12.5 Å². The molecule has 19 heavy (non-hydrogen) atoms. The van der Waals surface area contributed by atoms with E-state index in [2.05, 4.69) is 0 Å². The normalized spacial score (nSPS) is 10.5. The van der Waals surface area contributed by atoms with Crippen LogP contribution in [0.25, 0.3) is 0 Å². The van der Waals surface area contributed by atoms with Crippen LogP contribution in [-0.2, 0) is 11.3 Å². The number of hydrogen-bond donors (Lipinski definition) is 1. The van der Waals surface area contributed by atoms with E-state index in [1.807, 2.05) is 31.3 Å². The van der Waals surface area contributed by atoms with Crippen molar-refractivity contribution in [1.82, 2.24) is 4.90 Å². The fourth-order valence-electron chi connectivity index (χ4n) is 1.87. The molecule has 0 aliphatic heterocycles. The van der Waals surface area contributed by atoms with Gasteiger partial charge in [0.05, 0.1) is 6.61 Å². The second-order valence-corrected chi connectivity index (χ2v) is 4.64. The summed E-state index contributed by atoms with van der Waals surface area (Å²) in [4.78, 5) is 13.8. The van der Waals surface area contributed by atoms with Gasteiger partial charge in [-0.3, -0.25) is 4.79 Å². The predicted octanol–water partition coefficient (Wildman–Crippen LogP) is 2.07. The van der Waals surface area contributed by atoms with Crippen LogP contribution in [0.2, 0.25) is 0 Å². The number of aliphatic hydroxyl groups is 1. The molecule has 0 spiro atoms. The lowest BCUT2D eigenvalue weighted by molar-refractivity contribution is 0.0792. The first-order valence-corrected chi connectivity index (χ1v) is 6.63. The van der Waals surface area contributed by atoms with E-state index in [4.69, 9.17) is 9.84 Å². The first-order valence-electron chi connectivity index (χ1n) is 6.63. The number of unbranched alkanes of at least 4 members (excludes halogenated alkanes) is 2. The van der Waals surface area contributed by atoms with Gasteiger partial charge >= 0.3 is 0 Å². The Bertz CT molecular complexity index is 375. The average molecular weight is 265 g/mol. The summed E-state index contributed by atoms with van der Waals surface area (Å²) in [6.07, 6.45) is 2.67. The molecular formula is C15H23NO3. The minimum Gasteiger partial charge on any atom is -0.396 e. The van der Waals surface area contributed by atoms with E-state index in [1.54, 1.807) is 12.0 Å². The van der Waals surface area contributed by atoms with Gasteiger partial charge in [0.2, 0.25) is 0 Å². The molecule has 4 heteroatoms. The summed E-state index contributed by atoms with van der Waals surface area (Å²) in [7, 11) is 3.46. The van der Waals surface area contributed by atoms with E-state index in [0.29, 0.717) is 12.2 Å². The third-order valence-corrected chi connectivity index (χ3v) is 3.01. The SMILES string of the molecule is COCc1ccc(C(=O)N(C)CCCCCO)cc1. The Morgan fingerprint density at radius 1 is 1.21 bits per heavy atom. The number of benzene rings is 1. The Morgan fingerprint density at radius 3 is 2.47 bits per heavy atom. The number of methoxy groups -OCH3 is 1. The zero-order chi connectivity index (χ0) is 14.1. The molecule has 0 radical (unpaired) electrons. The highest BCUT2D eigenvalue weighted by atomic mass is 16.5. The van der Waals surface area contributed by atoms with Crippen molar-refractivity contribution in [2.75, 3.05) is 27.3 Å². The minimum absolute atomic E-state index is 0.0352. The number of carbonyl (C=O) groups is 1. The molecule has 1 N–H and O–H groups in total. The standard InChI is InChI=1S/C15H23NO3/c1-16(10-4-3-5-11-17)15(18)14-8-6-13(7-9-14)12-19-2/h6-9,17H,3-5,10-12H2,1-2H3. The number of nitrogens with zero attached hydrogens (tertiary/aromatic N) is 1. The van der Waals surface area contributed by atoms with Gasteiger partial charge in [-0.15, -0.1) is 0 Å². The Labute approximate surface area is 115 Å². The second kappa shape index (κ2) is 8.67. The van der Waals surface area contributed by atoms with Gasteiger partial charge < -0.3 is 14.7 Å². The van der Waals surface area contributed by atoms with Crippen molar-refractivity contribution < 1.29 is 14.6 Å². The maximum Gasteiger partial charge on any atom is 0.253 e. The molecule has 1 aromatic carbocycles. The van der Waals surface area contributed by atoms with Crippen molar-refractivity contribution >= 4 is 5.91 Å². The summed E-state index contributed by atoms with van der Waals surface area (Å²) < 4.78 is 5.04. The van der Waals surface area contributed by atoms with E-state index in [0.717, 1.165) is 31.4 Å². The minimum atomic E-state index is 0.0352. The van der Waals surface area contributed by atoms with Crippen LogP contribution < -0.4 is 0 Å². The van der Waals surface area contributed by atoms with Crippen LogP contribution in [0.1, 0.15) is 35.2 Å². The molecule has 0 saturated carbocycles. The first kappa shape index (κ1) is 15.7. The largest absolute Gasteiger partial charge is 0.396 e. The fraction of sp³-hybridized carbons (Fsp3) is 0.533. The third kappa shape index (κ3) is 5.41. The van der Waals surface area contributed by atoms with Crippen LogP contribution in [0, 0.1) is 0 Å². The third-order valence-electron chi connectivity index (χ3n) is 3.01. The Balaban J connectivity index is 2.47. The Morgan fingerprint density at radius 2 is 1.89 bits per heavy atom. The van der Waals surface area contributed by atoms with Gasteiger partial charge in [-0.05, 0) is 37.0 Å². The number of rotatable bonds is 8. The van der Waals surface area contributed by atoms with Crippen LogP contribution in [0.15, 0.2) is 24.3 Å². The average Bonchev–Trinajstić information content (AvgIpc) is 2.44. The van der Waals surface area contributed by atoms with Crippen molar-refractivity contribution in [3.63, 3.8) is 0 Å². The molecule has 0 aliphatic rings. The molecule has 0 unspecified atom stereocenters. The number of aliphatic hydroxyl groups excluding tert-OH is 1. The number of hydrogen-bond acceptors (Lipinski definition) is 3. The number of ether oxygens (including phenoxy) is 1. The summed E-state index contributed by atoms with van der Waals surface area (Å²) in [5, 5.41) is 8.70. The van der Waals surface area contributed by atoms with Crippen LogP contribution in [0.5, 0.6) is 0 Å². The molecule has 1 rings (SSSR count). The highest BCUT2D eigenvalue weighted by Crippen LogP contribution is 2.08. The summed E-state index contributed by atoms with van der Waals surface area (Å²) >= 11 is 0. The lowest BCUT2D eigenvalue weighted by atomic mass is 10.1. The summed E-state index contributed by atoms with van der Waals surface area (Å²) in [5.41, 5.74) is 1.76. The summed E-state index contributed by atoms with van der Waals surface area (Å²) in [6.45, 7) is 1.50. The maximum atomic E-state index is 12.1. The number of carbonyl (C=O) groups excluding carboxylic acids is 1. The molecule has 0 aromatic heterocycles.